The Morgan fingerprint density at radius 1 is 1.33 bits per heavy atom. The molecule has 116 valence electrons. The highest BCUT2D eigenvalue weighted by Crippen LogP contribution is 2.37. The minimum atomic E-state index is -0.455. The van der Waals surface area contributed by atoms with Crippen LogP contribution in [0.15, 0.2) is 10.2 Å². The van der Waals surface area contributed by atoms with Crippen LogP contribution in [0.2, 0.25) is 0 Å². The number of terminal acetylenes is 1. The van der Waals surface area contributed by atoms with Gasteiger partial charge in [0.25, 0.3) is 0 Å². The molecule has 0 atom stereocenters. The molecule has 6 heteroatoms. The third-order valence-electron chi connectivity index (χ3n) is 4.30. The summed E-state index contributed by atoms with van der Waals surface area (Å²) in [5, 5.41) is 10.8. The highest BCUT2D eigenvalue weighted by atomic mass is 19.1. The summed E-state index contributed by atoms with van der Waals surface area (Å²) in [7, 11) is 0. The fourth-order valence-electron chi connectivity index (χ4n) is 2.52. The van der Waals surface area contributed by atoms with Gasteiger partial charge in [0.15, 0.2) is 5.66 Å². The van der Waals surface area contributed by atoms with Crippen molar-refractivity contribution in [2.24, 2.45) is 15.6 Å². The number of carbonyl (C=O) groups is 1. The van der Waals surface area contributed by atoms with Gasteiger partial charge in [0.05, 0.1) is 6.67 Å². The largest absolute Gasteiger partial charge is 0.381 e. The molecule has 0 aliphatic carbocycles. The molecule has 1 amide bonds. The molecule has 2 aliphatic rings. The Labute approximate surface area is 124 Å². The SMILES string of the molecule is C#CCCC1(CCC(=O)NCC2(CF)CCOCC2)N=N1. The fraction of sp³-hybridized carbons (Fsp3) is 0.800. The smallest absolute Gasteiger partial charge is 0.220 e. The number of nitrogens with one attached hydrogen (secondary N) is 1. The van der Waals surface area contributed by atoms with Crippen LogP contribution in [-0.4, -0.2) is 38.0 Å². The zero-order valence-corrected chi connectivity index (χ0v) is 12.2. The molecule has 2 heterocycles. The number of rotatable bonds is 8. The summed E-state index contributed by atoms with van der Waals surface area (Å²) in [4.78, 5) is 11.9. The van der Waals surface area contributed by atoms with Crippen LogP contribution < -0.4 is 5.32 Å². The third kappa shape index (κ3) is 4.50. The number of hydrogen-bond acceptors (Lipinski definition) is 4. The number of amides is 1. The Balaban J connectivity index is 1.69. The average molecular weight is 295 g/mol. The van der Waals surface area contributed by atoms with E-state index in [0.29, 0.717) is 58.3 Å². The molecule has 2 aliphatic heterocycles. The maximum atomic E-state index is 13.3. The lowest BCUT2D eigenvalue weighted by Crippen LogP contribution is -2.43. The van der Waals surface area contributed by atoms with Gasteiger partial charge in [0, 0.05) is 50.9 Å². The second-order valence-electron chi connectivity index (χ2n) is 5.91. The predicted molar refractivity (Wildman–Crippen MR) is 76.4 cm³/mol. The van der Waals surface area contributed by atoms with Gasteiger partial charge in [-0.15, -0.1) is 12.3 Å². The van der Waals surface area contributed by atoms with Crippen LogP contribution >= 0.6 is 0 Å². The van der Waals surface area contributed by atoms with Crippen LogP contribution in [0.5, 0.6) is 0 Å². The lowest BCUT2D eigenvalue weighted by molar-refractivity contribution is -0.122. The summed E-state index contributed by atoms with van der Waals surface area (Å²) in [6.45, 7) is 1.07. The first-order valence-corrected chi connectivity index (χ1v) is 7.42. The molecule has 5 nitrogen and oxygen atoms in total. The summed E-state index contributed by atoms with van der Waals surface area (Å²) < 4.78 is 18.5. The van der Waals surface area contributed by atoms with E-state index < -0.39 is 17.8 Å². The van der Waals surface area contributed by atoms with Crippen molar-refractivity contribution in [3.8, 4) is 12.3 Å². The van der Waals surface area contributed by atoms with Crippen LogP contribution in [0.25, 0.3) is 0 Å². The number of hydrogen-bond donors (Lipinski definition) is 1. The fourth-order valence-corrected chi connectivity index (χ4v) is 2.52. The van der Waals surface area contributed by atoms with E-state index in [1.54, 1.807) is 0 Å². The highest BCUT2D eigenvalue weighted by molar-refractivity contribution is 5.76. The summed E-state index contributed by atoms with van der Waals surface area (Å²) in [5.74, 6) is 2.48. The monoisotopic (exact) mass is 295 g/mol. The highest BCUT2D eigenvalue weighted by Gasteiger charge is 2.39. The molecule has 0 aromatic heterocycles. The number of carbonyl (C=O) groups excluding carboxylic acids is 1. The van der Waals surface area contributed by atoms with Gasteiger partial charge in [-0.25, -0.2) is 0 Å². The second-order valence-corrected chi connectivity index (χ2v) is 5.91. The van der Waals surface area contributed by atoms with E-state index in [9.17, 15) is 9.18 Å². The molecular formula is C15H22FN3O2. The Morgan fingerprint density at radius 2 is 2.05 bits per heavy atom. The molecule has 2 rings (SSSR count). The van der Waals surface area contributed by atoms with E-state index in [1.165, 1.54) is 0 Å². The molecule has 1 N–H and O–H groups in total. The number of nitrogens with zero attached hydrogens (tertiary/aromatic N) is 2. The molecule has 0 spiro atoms. The Bertz CT molecular complexity index is 433. The maximum absolute atomic E-state index is 13.3. The van der Waals surface area contributed by atoms with Crippen LogP contribution in [0.3, 0.4) is 0 Å². The minimum absolute atomic E-state index is 0.0771. The topological polar surface area (TPSA) is 63.0 Å². The van der Waals surface area contributed by atoms with Crippen molar-refractivity contribution in [2.45, 2.75) is 44.2 Å². The molecule has 0 aromatic carbocycles. The van der Waals surface area contributed by atoms with Gasteiger partial charge >= 0.3 is 0 Å². The molecular weight excluding hydrogens is 273 g/mol. The van der Waals surface area contributed by atoms with E-state index >= 15 is 0 Å². The van der Waals surface area contributed by atoms with Crippen LogP contribution in [-0.2, 0) is 9.53 Å². The minimum Gasteiger partial charge on any atom is -0.381 e. The second kappa shape index (κ2) is 6.99. The van der Waals surface area contributed by atoms with Crippen molar-refractivity contribution in [2.75, 3.05) is 26.4 Å². The zero-order chi connectivity index (χ0) is 15.2. The van der Waals surface area contributed by atoms with Crippen molar-refractivity contribution in [1.29, 1.82) is 0 Å². The first-order chi connectivity index (χ1) is 10.1. The third-order valence-corrected chi connectivity index (χ3v) is 4.30. The average Bonchev–Trinajstić information content (AvgIpc) is 3.30. The van der Waals surface area contributed by atoms with Crippen molar-refractivity contribution in [3.05, 3.63) is 0 Å². The van der Waals surface area contributed by atoms with E-state index in [-0.39, 0.29) is 5.91 Å². The summed E-state index contributed by atoms with van der Waals surface area (Å²) in [5.41, 5.74) is -0.885. The quantitative estimate of drug-likeness (QED) is 0.698. The maximum Gasteiger partial charge on any atom is 0.220 e. The van der Waals surface area contributed by atoms with E-state index in [0.717, 1.165) is 0 Å². The first kappa shape index (κ1) is 15.9. The molecule has 1 saturated heterocycles. The van der Waals surface area contributed by atoms with Gasteiger partial charge < -0.3 is 10.1 Å². The van der Waals surface area contributed by atoms with E-state index in [1.807, 2.05) is 0 Å². The van der Waals surface area contributed by atoms with Crippen molar-refractivity contribution < 1.29 is 13.9 Å². The molecule has 21 heavy (non-hydrogen) atoms. The van der Waals surface area contributed by atoms with Gasteiger partial charge in [0.1, 0.15) is 0 Å². The lowest BCUT2D eigenvalue weighted by Gasteiger charge is -2.34. The summed E-state index contributed by atoms with van der Waals surface area (Å²) >= 11 is 0. The molecule has 0 aromatic rings. The normalized spacial score (nSPS) is 21.5. The van der Waals surface area contributed by atoms with Crippen molar-refractivity contribution in [1.82, 2.24) is 5.32 Å². The Hall–Kier alpha value is -1.48. The molecule has 0 radical (unpaired) electrons. The first-order valence-electron chi connectivity index (χ1n) is 7.42. The van der Waals surface area contributed by atoms with Gasteiger partial charge in [0.2, 0.25) is 5.91 Å². The molecule has 1 fully saturated rings. The van der Waals surface area contributed by atoms with E-state index in [2.05, 4.69) is 21.5 Å². The molecule has 0 bridgehead atoms. The van der Waals surface area contributed by atoms with Crippen LogP contribution in [0.4, 0.5) is 4.39 Å². The number of ether oxygens (including phenoxy) is 1. The summed E-state index contributed by atoms with van der Waals surface area (Å²) in [6, 6.07) is 0. The van der Waals surface area contributed by atoms with Crippen molar-refractivity contribution in [3.63, 3.8) is 0 Å². The van der Waals surface area contributed by atoms with Gasteiger partial charge in [-0.05, 0) is 12.8 Å². The molecule has 0 unspecified atom stereocenters. The van der Waals surface area contributed by atoms with Crippen molar-refractivity contribution >= 4 is 5.91 Å². The zero-order valence-electron chi connectivity index (χ0n) is 12.2. The number of alkyl halides is 1. The van der Waals surface area contributed by atoms with Crippen LogP contribution in [0, 0.1) is 17.8 Å². The Kier molecular flexibility index (Phi) is 5.29. The van der Waals surface area contributed by atoms with Crippen LogP contribution in [0.1, 0.15) is 38.5 Å². The van der Waals surface area contributed by atoms with Gasteiger partial charge in [-0.1, -0.05) is 0 Å². The lowest BCUT2D eigenvalue weighted by atomic mass is 9.81. The number of halogens is 1. The summed E-state index contributed by atoms with van der Waals surface area (Å²) in [6.07, 6.45) is 8.75. The Morgan fingerprint density at radius 3 is 2.62 bits per heavy atom. The van der Waals surface area contributed by atoms with Gasteiger partial charge in [-0.2, -0.15) is 10.2 Å². The standard InChI is InChI=1S/C15H22FN3O2/c1-2-3-5-15(18-19-15)6-4-13(20)17-12-14(11-16)7-9-21-10-8-14/h1H,3-12H2,(H,17,20). The van der Waals surface area contributed by atoms with E-state index in [4.69, 9.17) is 11.2 Å². The molecule has 0 saturated carbocycles. The predicted octanol–water partition coefficient (Wildman–Crippen LogP) is 2.22. The van der Waals surface area contributed by atoms with Gasteiger partial charge in [-0.3, -0.25) is 9.18 Å².